The van der Waals surface area contributed by atoms with E-state index in [2.05, 4.69) is 5.32 Å². The van der Waals surface area contributed by atoms with Crippen LogP contribution in [-0.4, -0.2) is 55.1 Å². The third-order valence-electron chi connectivity index (χ3n) is 4.98. The number of hydrogen-bond donors (Lipinski definition) is 1. The molecular weight excluding hydrogens is 353 g/mol. The van der Waals surface area contributed by atoms with Gasteiger partial charge in [0.15, 0.2) is 0 Å². The topological polar surface area (TPSA) is 79.0 Å². The summed E-state index contributed by atoms with van der Waals surface area (Å²) >= 11 is 0. The van der Waals surface area contributed by atoms with Gasteiger partial charge in [0.2, 0.25) is 11.8 Å². The highest BCUT2D eigenvalue weighted by Crippen LogP contribution is 2.26. The summed E-state index contributed by atoms with van der Waals surface area (Å²) in [6.45, 7) is 3.41. The SMILES string of the molecule is CCOC(=O)N1CCC(NC(=O)C2CC(=O)N(c3cccc(F)c3)C2)CC1. The number of hydrogen-bond acceptors (Lipinski definition) is 4. The van der Waals surface area contributed by atoms with Crippen LogP contribution in [0.3, 0.4) is 0 Å². The summed E-state index contributed by atoms with van der Waals surface area (Å²) in [7, 11) is 0. The van der Waals surface area contributed by atoms with Gasteiger partial charge in [-0.25, -0.2) is 9.18 Å². The van der Waals surface area contributed by atoms with Crippen LogP contribution in [0.5, 0.6) is 0 Å². The van der Waals surface area contributed by atoms with E-state index in [0.29, 0.717) is 38.2 Å². The Kier molecular flexibility index (Phi) is 5.93. The van der Waals surface area contributed by atoms with Crippen LogP contribution in [0.25, 0.3) is 0 Å². The van der Waals surface area contributed by atoms with Crippen molar-refractivity contribution >= 4 is 23.6 Å². The van der Waals surface area contributed by atoms with Gasteiger partial charge in [0.25, 0.3) is 0 Å². The molecule has 0 bridgehead atoms. The molecule has 7 nitrogen and oxygen atoms in total. The molecule has 2 saturated heterocycles. The number of anilines is 1. The zero-order chi connectivity index (χ0) is 19.4. The molecule has 1 unspecified atom stereocenters. The second-order valence-electron chi connectivity index (χ2n) is 6.85. The van der Waals surface area contributed by atoms with E-state index < -0.39 is 11.7 Å². The van der Waals surface area contributed by atoms with E-state index in [4.69, 9.17) is 4.74 Å². The van der Waals surface area contributed by atoms with Gasteiger partial charge in [0.05, 0.1) is 12.5 Å². The van der Waals surface area contributed by atoms with Crippen LogP contribution in [0.2, 0.25) is 0 Å². The highest BCUT2D eigenvalue weighted by Gasteiger charge is 2.36. The van der Waals surface area contributed by atoms with Crippen molar-refractivity contribution in [2.24, 2.45) is 5.92 Å². The quantitative estimate of drug-likeness (QED) is 0.869. The minimum absolute atomic E-state index is 0.0264. The number of likely N-dealkylation sites (tertiary alicyclic amines) is 1. The fraction of sp³-hybridized carbons (Fsp3) is 0.526. The minimum atomic E-state index is -0.455. The lowest BCUT2D eigenvalue weighted by Crippen LogP contribution is -2.48. The van der Waals surface area contributed by atoms with Crippen LogP contribution < -0.4 is 10.2 Å². The lowest BCUT2D eigenvalue weighted by molar-refractivity contribution is -0.127. The number of rotatable bonds is 4. The highest BCUT2D eigenvalue weighted by molar-refractivity contribution is 6.00. The normalized spacial score (nSPS) is 20.7. The van der Waals surface area contributed by atoms with Gasteiger partial charge in [-0.3, -0.25) is 9.59 Å². The Morgan fingerprint density at radius 2 is 2.04 bits per heavy atom. The third-order valence-corrected chi connectivity index (χ3v) is 4.98. The van der Waals surface area contributed by atoms with E-state index >= 15 is 0 Å². The third kappa shape index (κ3) is 4.56. The van der Waals surface area contributed by atoms with Gasteiger partial charge in [-0.05, 0) is 38.0 Å². The summed E-state index contributed by atoms with van der Waals surface area (Å²) in [6, 6.07) is 5.79. The Morgan fingerprint density at radius 3 is 2.70 bits per heavy atom. The first kappa shape index (κ1) is 19.1. The van der Waals surface area contributed by atoms with E-state index in [-0.39, 0.29) is 36.9 Å². The van der Waals surface area contributed by atoms with Crippen LogP contribution in [0.1, 0.15) is 26.2 Å². The molecule has 3 rings (SSSR count). The predicted octanol–water partition coefficient (Wildman–Crippen LogP) is 1.92. The molecule has 1 atom stereocenters. The molecule has 0 spiro atoms. The molecule has 0 aromatic heterocycles. The van der Waals surface area contributed by atoms with Crippen LogP contribution in [0.15, 0.2) is 24.3 Å². The summed E-state index contributed by atoms with van der Waals surface area (Å²) in [5.41, 5.74) is 0.470. The number of nitrogens with zero attached hydrogens (tertiary/aromatic N) is 2. The Bertz CT molecular complexity index is 719. The first-order valence-electron chi connectivity index (χ1n) is 9.26. The molecule has 8 heteroatoms. The van der Waals surface area contributed by atoms with E-state index in [9.17, 15) is 18.8 Å². The average molecular weight is 377 g/mol. The fourth-order valence-corrected chi connectivity index (χ4v) is 3.52. The van der Waals surface area contributed by atoms with Crippen LogP contribution >= 0.6 is 0 Å². The number of halogens is 1. The van der Waals surface area contributed by atoms with Crippen molar-refractivity contribution in [1.29, 1.82) is 0 Å². The van der Waals surface area contributed by atoms with Crippen LogP contribution in [0, 0.1) is 11.7 Å². The van der Waals surface area contributed by atoms with Crippen molar-refractivity contribution in [1.82, 2.24) is 10.2 Å². The van der Waals surface area contributed by atoms with Crippen molar-refractivity contribution in [3.05, 3.63) is 30.1 Å². The molecule has 3 amide bonds. The van der Waals surface area contributed by atoms with Gasteiger partial charge in [-0.15, -0.1) is 0 Å². The predicted molar refractivity (Wildman–Crippen MR) is 96.6 cm³/mol. The van der Waals surface area contributed by atoms with E-state index in [1.54, 1.807) is 24.0 Å². The average Bonchev–Trinajstić information content (AvgIpc) is 3.04. The fourth-order valence-electron chi connectivity index (χ4n) is 3.52. The Hall–Kier alpha value is -2.64. The van der Waals surface area contributed by atoms with Gasteiger partial charge in [0, 0.05) is 37.8 Å². The maximum absolute atomic E-state index is 13.4. The molecule has 1 aromatic carbocycles. The molecule has 0 saturated carbocycles. The second kappa shape index (κ2) is 8.37. The summed E-state index contributed by atoms with van der Waals surface area (Å²) in [6.07, 6.45) is 1.09. The molecule has 27 heavy (non-hydrogen) atoms. The zero-order valence-electron chi connectivity index (χ0n) is 15.3. The van der Waals surface area contributed by atoms with Gasteiger partial charge in [-0.1, -0.05) is 6.07 Å². The second-order valence-corrected chi connectivity index (χ2v) is 6.85. The summed E-state index contributed by atoms with van der Waals surface area (Å²) in [5.74, 6) is -1.22. The summed E-state index contributed by atoms with van der Waals surface area (Å²) in [4.78, 5) is 39.6. The maximum atomic E-state index is 13.4. The molecule has 1 N–H and O–H groups in total. The van der Waals surface area contributed by atoms with Crippen molar-refractivity contribution in [2.75, 3.05) is 31.1 Å². The Balaban J connectivity index is 1.51. The number of amides is 3. The molecule has 2 heterocycles. The number of ether oxygens (including phenoxy) is 1. The van der Waals surface area contributed by atoms with Crippen LogP contribution in [-0.2, 0) is 14.3 Å². The smallest absolute Gasteiger partial charge is 0.409 e. The van der Waals surface area contributed by atoms with Gasteiger partial charge in [-0.2, -0.15) is 0 Å². The standard InChI is InChI=1S/C19H24FN3O4/c1-2-27-19(26)22-8-6-15(7-9-22)21-18(25)13-10-17(24)23(12-13)16-5-3-4-14(20)11-16/h3-5,11,13,15H,2,6-10,12H2,1H3,(H,21,25). The summed E-state index contributed by atoms with van der Waals surface area (Å²) < 4.78 is 18.4. The van der Waals surface area contributed by atoms with E-state index in [1.807, 2.05) is 0 Å². The molecule has 0 radical (unpaired) electrons. The summed E-state index contributed by atoms with van der Waals surface area (Å²) in [5, 5.41) is 2.99. The lowest BCUT2D eigenvalue weighted by atomic mass is 10.0. The number of carbonyl (C=O) groups excluding carboxylic acids is 3. The largest absolute Gasteiger partial charge is 0.450 e. The molecule has 0 aliphatic carbocycles. The molecular formula is C19H24FN3O4. The molecule has 1 aromatic rings. The molecule has 2 aliphatic rings. The number of piperidine rings is 1. The molecule has 146 valence electrons. The van der Waals surface area contributed by atoms with E-state index in [1.165, 1.54) is 17.0 Å². The monoisotopic (exact) mass is 377 g/mol. The van der Waals surface area contributed by atoms with Gasteiger partial charge < -0.3 is 19.9 Å². The first-order valence-corrected chi connectivity index (χ1v) is 9.26. The maximum Gasteiger partial charge on any atom is 0.409 e. The van der Waals surface area contributed by atoms with Crippen molar-refractivity contribution in [3.8, 4) is 0 Å². The molecule has 2 fully saturated rings. The Labute approximate surface area is 157 Å². The number of carbonyl (C=O) groups is 3. The molecule has 2 aliphatic heterocycles. The number of nitrogens with one attached hydrogen (secondary N) is 1. The van der Waals surface area contributed by atoms with Crippen LogP contribution in [0.4, 0.5) is 14.9 Å². The van der Waals surface area contributed by atoms with Crippen molar-refractivity contribution in [3.63, 3.8) is 0 Å². The van der Waals surface area contributed by atoms with E-state index in [0.717, 1.165) is 0 Å². The van der Waals surface area contributed by atoms with Crippen molar-refractivity contribution in [2.45, 2.75) is 32.2 Å². The first-order chi connectivity index (χ1) is 13.0. The lowest BCUT2D eigenvalue weighted by Gasteiger charge is -2.32. The van der Waals surface area contributed by atoms with Crippen molar-refractivity contribution < 1.29 is 23.5 Å². The highest BCUT2D eigenvalue weighted by atomic mass is 19.1. The van der Waals surface area contributed by atoms with Gasteiger partial charge in [0.1, 0.15) is 5.82 Å². The van der Waals surface area contributed by atoms with Gasteiger partial charge >= 0.3 is 6.09 Å². The Morgan fingerprint density at radius 1 is 1.30 bits per heavy atom. The zero-order valence-corrected chi connectivity index (χ0v) is 15.3. The number of benzene rings is 1. The minimum Gasteiger partial charge on any atom is -0.450 e.